The zero-order chi connectivity index (χ0) is 20.9. The zero-order valence-corrected chi connectivity index (χ0v) is 17.8. The fourth-order valence-corrected chi connectivity index (χ4v) is 4.21. The minimum Gasteiger partial charge on any atom is -0.484 e. The Morgan fingerprint density at radius 2 is 1.83 bits per heavy atom. The van der Waals surface area contributed by atoms with Crippen LogP contribution in [0.4, 0.5) is 5.13 Å². The molecule has 0 radical (unpaired) electrons. The molecule has 6 heteroatoms. The summed E-state index contributed by atoms with van der Waals surface area (Å²) in [5, 5.41) is 0.658. The first-order valence-electron chi connectivity index (χ1n) is 9.89. The second-order valence-electron chi connectivity index (χ2n) is 7.25. The number of thiazole rings is 1. The monoisotopic (exact) mass is 417 g/mol. The first-order chi connectivity index (χ1) is 14.6. The summed E-state index contributed by atoms with van der Waals surface area (Å²) in [5.74, 6) is 0.856. The normalized spacial score (nSPS) is 11.0. The molecule has 2 heterocycles. The van der Waals surface area contributed by atoms with E-state index < -0.39 is 0 Å². The molecule has 0 saturated carbocycles. The Morgan fingerprint density at radius 3 is 2.57 bits per heavy atom. The van der Waals surface area contributed by atoms with Crippen LogP contribution in [-0.4, -0.2) is 22.5 Å². The van der Waals surface area contributed by atoms with Gasteiger partial charge in [0.25, 0.3) is 5.91 Å². The van der Waals surface area contributed by atoms with Crippen molar-refractivity contribution >= 4 is 32.6 Å². The standard InChI is InChI=1S/C24H23N3O2S/c1-17(2)20-12-8-13-21-23(20)26-24(30-21)27(15-18-9-6-7-14-25-18)22(28)16-29-19-10-4-3-5-11-19/h3-14,17H,15-16H2,1-2H3. The number of hydrogen-bond donors (Lipinski definition) is 0. The molecule has 4 aromatic rings. The fraction of sp³-hybridized carbons (Fsp3) is 0.208. The molecule has 0 unspecified atom stereocenters. The van der Waals surface area contributed by atoms with Crippen molar-refractivity contribution in [3.05, 3.63) is 84.2 Å². The van der Waals surface area contributed by atoms with Crippen molar-refractivity contribution in [3.8, 4) is 5.75 Å². The van der Waals surface area contributed by atoms with Gasteiger partial charge in [0, 0.05) is 6.20 Å². The fourth-order valence-electron chi connectivity index (χ4n) is 3.20. The molecule has 2 aromatic heterocycles. The Morgan fingerprint density at radius 1 is 1.03 bits per heavy atom. The summed E-state index contributed by atoms with van der Waals surface area (Å²) in [7, 11) is 0. The van der Waals surface area contributed by atoms with Crippen LogP contribution in [0.25, 0.3) is 10.2 Å². The third kappa shape index (κ3) is 4.49. The lowest BCUT2D eigenvalue weighted by Gasteiger charge is -2.19. The van der Waals surface area contributed by atoms with Crippen LogP contribution in [0.3, 0.4) is 0 Å². The number of pyridine rings is 1. The quantitative estimate of drug-likeness (QED) is 0.402. The number of anilines is 1. The van der Waals surface area contributed by atoms with Crippen molar-refractivity contribution in [2.24, 2.45) is 0 Å². The maximum Gasteiger partial charge on any atom is 0.267 e. The predicted molar refractivity (Wildman–Crippen MR) is 121 cm³/mol. The van der Waals surface area contributed by atoms with Gasteiger partial charge in [-0.15, -0.1) is 0 Å². The van der Waals surface area contributed by atoms with Gasteiger partial charge >= 0.3 is 0 Å². The van der Waals surface area contributed by atoms with Crippen molar-refractivity contribution < 1.29 is 9.53 Å². The van der Waals surface area contributed by atoms with E-state index in [1.807, 2.05) is 60.7 Å². The SMILES string of the molecule is CC(C)c1cccc2sc(N(Cc3ccccn3)C(=O)COc3ccccc3)nc12. The lowest BCUT2D eigenvalue weighted by molar-refractivity contribution is -0.120. The highest BCUT2D eigenvalue weighted by atomic mass is 32.1. The third-order valence-corrected chi connectivity index (χ3v) is 5.79. The highest BCUT2D eigenvalue weighted by molar-refractivity contribution is 7.22. The van der Waals surface area contributed by atoms with Crippen LogP contribution in [-0.2, 0) is 11.3 Å². The lowest BCUT2D eigenvalue weighted by atomic mass is 10.0. The third-order valence-electron chi connectivity index (χ3n) is 4.74. The first kappa shape index (κ1) is 20.0. The van der Waals surface area contributed by atoms with E-state index in [4.69, 9.17) is 9.72 Å². The molecule has 0 fully saturated rings. The van der Waals surface area contributed by atoms with Gasteiger partial charge in [-0.25, -0.2) is 4.98 Å². The largest absolute Gasteiger partial charge is 0.484 e. The van der Waals surface area contributed by atoms with E-state index in [2.05, 4.69) is 24.9 Å². The van der Waals surface area contributed by atoms with Gasteiger partial charge in [-0.3, -0.25) is 14.7 Å². The second-order valence-corrected chi connectivity index (χ2v) is 8.26. The van der Waals surface area contributed by atoms with Gasteiger partial charge in [0.05, 0.1) is 22.5 Å². The lowest BCUT2D eigenvalue weighted by Crippen LogP contribution is -2.34. The molecule has 0 saturated heterocycles. The Bertz CT molecular complexity index is 1130. The highest BCUT2D eigenvalue weighted by Gasteiger charge is 2.22. The van der Waals surface area contributed by atoms with Gasteiger partial charge in [-0.2, -0.15) is 0 Å². The van der Waals surface area contributed by atoms with Crippen molar-refractivity contribution in [3.63, 3.8) is 0 Å². The summed E-state index contributed by atoms with van der Waals surface area (Å²) in [6, 6.07) is 21.2. The number of hydrogen-bond acceptors (Lipinski definition) is 5. The van der Waals surface area contributed by atoms with Crippen LogP contribution < -0.4 is 9.64 Å². The summed E-state index contributed by atoms with van der Waals surface area (Å²) >= 11 is 1.52. The number of para-hydroxylation sites is 2. The second kappa shape index (κ2) is 9.05. The summed E-state index contributed by atoms with van der Waals surface area (Å²) in [6.07, 6.45) is 1.73. The maximum absolute atomic E-state index is 13.2. The number of ether oxygens (including phenoxy) is 1. The van der Waals surface area contributed by atoms with Crippen molar-refractivity contribution in [2.75, 3.05) is 11.5 Å². The molecule has 0 aliphatic rings. The van der Waals surface area contributed by atoms with Crippen LogP contribution in [0.2, 0.25) is 0 Å². The van der Waals surface area contributed by atoms with E-state index in [-0.39, 0.29) is 12.5 Å². The Hall–Kier alpha value is -3.25. The number of fused-ring (bicyclic) bond motifs is 1. The Labute approximate surface area is 180 Å². The maximum atomic E-state index is 13.2. The summed E-state index contributed by atoms with van der Waals surface area (Å²) in [4.78, 5) is 24.1. The average Bonchev–Trinajstić information content (AvgIpc) is 3.21. The van der Waals surface area contributed by atoms with E-state index in [0.29, 0.717) is 23.3 Å². The summed E-state index contributed by atoms with van der Waals surface area (Å²) < 4.78 is 6.78. The van der Waals surface area contributed by atoms with E-state index in [1.54, 1.807) is 11.1 Å². The number of benzene rings is 2. The van der Waals surface area contributed by atoms with Crippen LogP contribution in [0.5, 0.6) is 5.75 Å². The molecular formula is C24H23N3O2S. The molecule has 0 aliphatic carbocycles. The van der Waals surface area contributed by atoms with Gasteiger partial charge in [-0.05, 0) is 41.8 Å². The molecule has 152 valence electrons. The van der Waals surface area contributed by atoms with Crippen LogP contribution in [0.1, 0.15) is 31.0 Å². The highest BCUT2D eigenvalue weighted by Crippen LogP contribution is 2.34. The molecule has 0 aliphatic heterocycles. The van der Waals surface area contributed by atoms with Crippen LogP contribution in [0, 0.1) is 0 Å². The van der Waals surface area contributed by atoms with E-state index in [0.717, 1.165) is 15.9 Å². The van der Waals surface area contributed by atoms with Gasteiger partial charge in [0.15, 0.2) is 11.7 Å². The summed E-state index contributed by atoms with van der Waals surface area (Å²) in [6.45, 7) is 4.58. The minimum atomic E-state index is -0.158. The molecule has 1 amide bonds. The molecule has 2 aromatic carbocycles. The number of carbonyl (C=O) groups excluding carboxylic acids is 1. The number of rotatable bonds is 7. The van der Waals surface area contributed by atoms with Crippen LogP contribution in [0.15, 0.2) is 72.9 Å². The number of carbonyl (C=O) groups is 1. The number of nitrogens with zero attached hydrogens (tertiary/aromatic N) is 3. The van der Waals surface area contributed by atoms with Crippen LogP contribution >= 0.6 is 11.3 Å². The molecule has 30 heavy (non-hydrogen) atoms. The number of amides is 1. The van der Waals surface area contributed by atoms with Gasteiger partial charge in [-0.1, -0.05) is 61.6 Å². The van der Waals surface area contributed by atoms with Crippen molar-refractivity contribution in [2.45, 2.75) is 26.3 Å². The first-order valence-corrected chi connectivity index (χ1v) is 10.7. The van der Waals surface area contributed by atoms with E-state index in [9.17, 15) is 4.79 Å². The van der Waals surface area contributed by atoms with Gasteiger partial charge in [0.1, 0.15) is 5.75 Å². The number of aromatic nitrogens is 2. The minimum absolute atomic E-state index is 0.0657. The molecule has 0 atom stereocenters. The van der Waals surface area contributed by atoms with E-state index >= 15 is 0 Å². The molecule has 0 spiro atoms. The molecular weight excluding hydrogens is 394 g/mol. The molecule has 5 nitrogen and oxygen atoms in total. The van der Waals surface area contributed by atoms with Gasteiger partial charge < -0.3 is 4.74 Å². The Kier molecular flexibility index (Phi) is 6.05. The Balaban J connectivity index is 1.65. The molecule has 0 bridgehead atoms. The average molecular weight is 418 g/mol. The topological polar surface area (TPSA) is 55.3 Å². The van der Waals surface area contributed by atoms with Crippen molar-refractivity contribution in [1.82, 2.24) is 9.97 Å². The summed E-state index contributed by atoms with van der Waals surface area (Å²) in [5.41, 5.74) is 2.94. The molecule has 0 N–H and O–H groups in total. The van der Waals surface area contributed by atoms with E-state index in [1.165, 1.54) is 16.9 Å². The van der Waals surface area contributed by atoms with Crippen molar-refractivity contribution in [1.29, 1.82) is 0 Å². The molecule has 4 rings (SSSR count). The smallest absolute Gasteiger partial charge is 0.267 e. The zero-order valence-electron chi connectivity index (χ0n) is 17.0. The predicted octanol–water partition coefficient (Wildman–Crippen LogP) is 5.43. The van der Waals surface area contributed by atoms with Gasteiger partial charge in [0.2, 0.25) is 0 Å².